The van der Waals surface area contributed by atoms with Gasteiger partial charge in [-0.2, -0.15) is 0 Å². The molecule has 0 saturated carbocycles. The second-order valence-corrected chi connectivity index (χ2v) is 7.35. The first-order chi connectivity index (χ1) is 10.7. The van der Waals surface area contributed by atoms with E-state index < -0.39 is 7.37 Å². The Kier molecular flexibility index (Phi) is 4.24. The Bertz CT molecular complexity index is 798. The van der Waals surface area contributed by atoms with Crippen molar-refractivity contribution in [2.45, 2.75) is 6.42 Å². The van der Waals surface area contributed by atoms with Gasteiger partial charge in [0.2, 0.25) is 0 Å². The van der Waals surface area contributed by atoms with Crippen molar-refractivity contribution in [1.29, 1.82) is 0 Å². The fourth-order valence-corrected chi connectivity index (χ4v) is 4.23. The van der Waals surface area contributed by atoms with Crippen LogP contribution in [-0.2, 0) is 11.0 Å². The normalized spacial score (nSPS) is 13.5. The summed E-state index contributed by atoms with van der Waals surface area (Å²) in [6.07, 6.45) is 0.647. The fraction of sp³-hybridized carbons (Fsp3) is 0.0526. The van der Waals surface area contributed by atoms with Crippen molar-refractivity contribution in [2.24, 2.45) is 0 Å². The van der Waals surface area contributed by atoms with E-state index in [9.17, 15) is 9.46 Å². The van der Waals surface area contributed by atoms with Crippen molar-refractivity contribution >= 4 is 18.0 Å². The van der Waals surface area contributed by atoms with Gasteiger partial charge in [-0.05, 0) is 35.7 Å². The Morgan fingerprint density at radius 3 is 1.95 bits per heavy atom. The van der Waals surface area contributed by atoms with E-state index >= 15 is 0 Å². The second-order valence-electron chi connectivity index (χ2n) is 5.20. The molecule has 3 rings (SSSR count). The summed E-state index contributed by atoms with van der Waals surface area (Å²) in [5.41, 5.74) is 2.02. The maximum atomic E-state index is 13.0. The van der Waals surface area contributed by atoms with Crippen LogP contribution < -0.4 is 10.6 Å². The topological polar surface area (TPSA) is 37.3 Å². The minimum Gasteiger partial charge on any atom is -0.338 e. The van der Waals surface area contributed by atoms with Gasteiger partial charge in [0.15, 0.2) is 0 Å². The first-order valence-electron chi connectivity index (χ1n) is 7.19. The van der Waals surface area contributed by atoms with E-state index in [-0.39, 0.29) is 0 Å². The summed E-state index contributed by atoms with van der Waals surface area (Å²) in [6, 6.07) is 26.2. The van der Waals surface area contributed by atoms with Crippen molar-refractivity contribution in [3.63, 3.8) is 0 Å². The van der Waals surface area contributed by atoms with Gasteiger partial charge in [0.1, 0.15) is 0 Å². The summed E-state index contributed by atoms with van der Waals surface area (Å²) >= 11 is 0. The highest BCUT2D eigenvalue weighted by Crippen LogP contribution is 2.39. The van der Waals surface area contributed by atoms with Gasteiger partial charge < -0.3 is 4.89 Å². The average Bonchev–Trinajstić information content (AvgIpc) is 2.57. The van der Waals surface area contributed by atoms with E-state index in [4.69, 9.17) is 0 Å². The third-order valence-corrected chi connectivity index (χ3v) is 5.75. The highest BCUT2D eigenvalue weighted by molar-refractivity contribution is 7.73. The summed E-state index contributed by atoms with van der Waals surface area (Å²) < 4.78 is 13.0. The quantitative estimate of drug-likeness (QED) is 0.749. The summed E-state index contributed by atoms with van der Waals surface area (Å²) in [5.74, 6) is 0. The Morgan fingerprint density at radius 1 is 0.727 bits per heavy atom. The molecule has 0 fully saturated rings. The molecule has 0 bridgehead atoms. The Labute approximate surface area is 130 Å². The molecule has 0 amide bonds. The van der Waals surface area contributed by atoms with Crippen LogP contribution >= 0.6 is 7.37 Å². The van der Waals surface area contributed by atoms with Crippen molar-refractivity contribution in [1.82, 2.24) is 0 Å². The van der Waals surface area contributed by atoms with Crippen LogP contribution in [-0.4, -0.2) is 4.89 Å². The zero-order valence-corrected chi connectivity index (χ0v) is 13.0. The Morgan fingerprint density at radius 2 is 1.27 bits per heavy atom. The molecule has 1 atom stereocenters. The van der Waals surface area contributed by atoms with Crippen LogP contribution in [0.2, 0.25) is 0 Å². The number of rotatable bonds is 4. The smallest absolute Gasteiger partial charge is 0.259 e. The van der Waals surface area contributed by atoms with Crippen molar-refractivity contribution < 1.29 is 9.46 Å². The third kappa shape index (κ3) is 3.04. The van der Waals surface area contributed by atoms with Crippen molar-refractivity contribution in [2.75, 3.05) is 0 Å². The number of hydrogen-bond acceptors (Lipinski definition) is 1. The van der Waals surface area contributed by atoms with Gasteiger partial charge in [-0.3, -0.25) is 4.57 Å². The van der Waals surface area contributed by atoms with Crippen molar-refractivity contribution in [3.05, 3.63) is 96.1 Å². The molecule has 0 aliphatic carbocycles. The number of benzene rings is 3. The lowest BCUT2D eigenvalue weighted by atomic mass is 10.1. The van der Waals surface area contributed by atoms with E-state index in [1.54, 1.807) is 30.3 Å². The fourth-order valence-electron chi connectivity index (χ4n) is 2.54. The van der Waals surface area contributed by atoms with Crippen LogP contribution in [0.5, 0.6) is 0 Å². The van der Waals surface area contributed by atoms with E-state index in [1.165, 1.54) is 0 Å². The largest absolute Gasteiger partial charge is 0.338 e. The molecule has 1 N–H and O–H groups in total. The molecule has 0 aliphatic heterocycles. The monoisotopic (exact) mass is 308 g/mol. The molecular formula is C19H17O2P. The van der Waals surface area contributed by atoms with Crippen molar-refractivity contribution in [3.8, 4) is 0 Å². The van der Waals surface area contributed by atoms with Gasteiger partial charge in [0.05, 0.1) is 0 Å². The Hall–Kier alpha value is -2.15. The minimum absolute atomic E-state index is 0.468. The van der Waals surface area contributed by atoms with Crippen LogP contribution in [0.4, 0.5) is 0 Å². The van der Waals surface area contributed by atoms with Crippen LogP contribution in [0.15, 0.2) is 84.9 Å². The zero-order valence-electron chi connectivity index (χ0n) is 12.1. The summed E-state index contributed by atoms with van der Waals surface area (Å²) in [6.45, 7) is 0. The highest BCUT2D eigenvalue weighted by atomic mass is 31.2. The lowest BCUT2D eigenvalue weighted by molar-refractivity contribution is 0.500. The predicted octanol–water partition coefficient (Wildman–Crippen LogP) is 3.50. The summed E-state index contributed by atoms with van der Waals surface area (Å²) in [7, 11) is -3.57. The van der Waals surface area contributed by atoms with E-state index in [0.717, 1.165) is 11.1 Å². The molecule has 1 unspecified atom stereocenters. The third-order valence-electron chi connectivity index (χ3n) is 3.66. The average molecular weight is 308 g/mol. The molecule has 0 aliphatic rings. The maximum absolute atomic E-state index is 13.0. The SMILES string of the molecule is O=P(O)(c1ccccc1)c1ccccc1Cc1ccccc1. The molecule has 22 heavy (non-hydrogen) atoms. The highest BCUT2D eigenvalue weighted by Gasteiger charge is 2.26. The van der Waals surface area contributed by atoms with Gasteiger partial charge in [-0.15, -0.1) is 0 Å². The summed E-state index contributed by atoms with van der Waals surface area (Å²) in [5, 5.41) is 0.987. The molecule has 2 nitrogen and oxygen atoms in total. The molecule has 110 valence electrons. The van der Waals surface area contributed by atoms with Gasteiger partial charge in [0, 0.05) is 10.6 Å². The first kappa shape index (κ1) is 14.8. The molecule has 3 aromatic rings. The molecule has 0 radical (unpaired) electrons. The number of hydrogen-bond donors (Lipinski definition) is 1. The predicted molar refractivity (Wildman–Crippen MR) is 91.2 cm³/mol. The summed E-state index contributed by atoms with van der Waals surface area (Å²) in [4.78, 5) is 10.7. The second kappa shape index (κ2) is 6.31. The molecule has 3 aromatic carbocycles. The minimum atomic E-state index is -3.57. The van der Waals surface area contributed by atoms with Crippen LogP contribution in [0.3, 0.4) is 0 Å². The molecule has 0 aromatic heterocycles. The molecule has 3 heteroatoms. The first-order valence-corrected chi connectivity index (χ1v) is 8.85. The maximum Gasteiger partial charge on any atom is 0.259 e. The van der Waals surface area contributed by atoms with E-state index in [0.29, 0.717) is 17.0 Å². The Balaban J connectivity index is 2.03. The lowest BCUT2D eigenvalue weighted by Crippen LogP contribution is -2.19. The van der Waals surface area contributed by atoms with Crippen LogP contribution in [0, 0.1) is 0 Å². The molecule has 0 heterocycles. The zero-order chi connectivity index (χ0) is 15.4. The van der Waals surface area contributed by atoms with Gasteiger partial charge in [-0.1, -0.05) is 66.7 Å². The van der Waals surface area contributed by atoms with E-state index in [2.05, 4.69) is 0 Å². The molecular weight excluding hydrogens is 291 g/mol. The lowest BCUT2D eigenvalue weighted by Gasteiger charge is -2.16. The van der Waals surface area contributed by atoms with Gasteiger partial charge in [0.25, 0.3) is 7.37 Å². The van der Waals surface area contributed by atoms with E-state index in [1.807, 2.05) is 54.6 Å². The van der Waals surface area contributed by atoms with Gasteiger partial charge in [-0.25, -0.2) is 0 Å². The van der Waals surface area contributed by atoms with Gasteiger partial charge >= 0.3 is 0 Å². The van der Waals surface area contributed by atoms with Crippen LogP contribution in [0.25, 0.3) is 0 Å². The molecule has 0 spiro atoms. The van der Waals surface area contributed by atoms with Crippen LogP contribution in [0.1, 0.15) is 11.1 Å². The standard InChI is InChI=1S/C19H17O2P/c20-22(21,18-12-5-2-6-13-18)19-14-8-7-11-17(19)15-16-9-3-1-4-10-16/h1-14H,15H2,(H,20,21). The molecule has 0 saturated heterocycles.